The summed E-state index contributed by atoms with van der Waals surface area (Å²) in [6.45, 7) is 10.5. The lowest BCUT2D eigenvalue weighted by atomic mass is 9.96. The van der Waals surface area contributed by atoms with E-state index in [1.165, 1.54) is 16.9 Å². The number of benzene rings is 1. The average Bonchev–Trinajstić information content (AvgIpc) is 2.64. The number of rotatable bonds is 4. The van der Waals surface area contributed by atoms with Crippen LogP contribution in [0, 0.1) is 5.92 Å². The van der Waals surface area contributed by atoms with Gasteiger partial charge in [0.1, 0.15) is 5.66 Å². The van der Waals surface area contributed by atoms with Gasteiger partial charge >= 0.3 is 0 Å². The molecule has 2 unspecified atom stereocenters. The van der Waals surface area contributed by atoms with Crippen molar-refractivity contribution in [3.05, 3.63) is 48.6 Å². The van der Waals surface area contributed by atoms with Crippen LogP contribution in [0.2, 0.25) is 0 Å². The van der Waals surface area contributed by atoms with Crippen molar-refractivity contribution in [3.63, 3.8) is 0 Å². The van der Waals surface area contributed by atoms with Crippen LogP contribution in [-0.2, 0) is 0 Å². The number of hydrogen-bond donors (Lipinski definition) is 1. The van der Waals surface area contributed by atoms with Crippen molar-refractivity contribution in [2.24, 2.45) is 5.92 Å². The van der Waals surface area contributed by atoms with Crippen LogP contribution in [-0.4, -0.2) is 12.7 Å². The third-order valence-electron chi connectivity index (χ3n) is 4.16. The molecule has 0 fully saturated rings. The molecule has 19 heavy (non-hydrogen) atoms. The van der Waals surface area contributed by atoms with Crippen molar-refractivity contribution in [1.29, 1.82) is 0 Å². The summed E-state index contributed by atoms with van der Waals surface area (Å²) in [6, 6.07) is 8.46. The number of likely N-dealkylation sites (N-methyl/N-ethyl adjacent to an activating group) is 1. The van der Waals surface area contributed by atoms with E-state index in [9.17, 15) is 0 Å². The van der Waals surface area contributed by atoms with Gasteiger partial charge in [0, 0.05) is 7.05 Å². The maximum absolute atomic E-state index is 3.81. The van der Waals surface area contributed by atoms with E-state index >= 15 is 0 Å². The Kier molecular flexibility index (Phi) is 3.70. The van der Waals surface area contributed by atoms with Crippen LogP contribution in [0.15, 0.2) is 48.6 Å². The molecule has 0 bridgehead atoms. The fourth-order valence-corrected chi connectivity index (χ4v) is 2.74. The molecular formula is C17H24N2. The van der Waals surface area contributed by atoms with E-state index in [0.717, 1.165) is 6.42 Å². The zero-order valence-electron chi connectivity index (χ0n) is 12.4. The Morgan fingerprint density at radius 3 is 2.79 bits per heavy atom. The van der Waals surface area contributed by atoms with E-state index in [-0.39, 0.29) is 5.66 Å². The second kappa shape index (κ2) is 5.12. The molecule has 0 aromatic heterocycles. The number of anilines is 2. The number of nitrogens with one attached hydrogen (secondary N) is 1. The van der Waals surface area contributed by atoms with E-state index in [0.29, 0.717) is 5.92 Å². The first-order chi connectivity index (χ1) is 8.99. The SMILES string of the molecule is C=CCC(C)/C=C(\C)C1(C)Nc2ccccc2N1C. The molecule has 0 aliphatic carbocycles. The second-order valence-corrected chi connectivity index (χ2v) is 5.62. The van der Waals surface area contributed by atoms with Crippen molar-refractivity contribution in [2.75, 3.05) is 17.3 Å². The third kappa shape index (κ3) is 2.40. The number of fused-ring (bicyclic) bond motifs is 1. The van der Waals surface area contributed by atoms with Crippen LogP contribution in [0.3, 0.4) is 0 Å². The van der Waals surface area contributed by atoms with Crippen LogP contribution in [0.1, 0.15) is 27.2 Å². The molecule has 1 N–H and O–H groups in total. The van der Waals surface area contributed by atoms with Gasteiger partial charge in [-0.25, -0.2) is 0 Å². The molecule has 0 radical (unpaired) electrons. The Morgan fingerprint density at radius 1 is 1.47 bits per heavy atom. The molecule has 1 aromatic rings. The minimum absolute atomic E-state index is 0.140. The Bertz CT molecular complexity index is 504. The van der Waals surface area contributed by atoms with Gasteiger partial charge in [-0.2, -0.15) is 0 Å². The summed E-state index contributed by atoms with van der Waals surface area (Å²) in [7, 11) is 2.15. The summed E-state index contributed by atoms with van der Waals surface area (Å²) in [5.41, 5.74) is 3.67. The Morgan fingerprint density at radius 2 is 2.16 bits per heavy atom. The van der Waals surface area contributed by atoms with Gasteiger partial charge in [0.15, 0.2) is 0 Å². The van der Waals surface area contributed by atoms with Crippen molar-refractivity contribution in [2.45, 2.75) is 32.9 Å². The lowest BCUT2D eigenvalue weighted by Crippen LogP contribution is -2.47. The molecule has 1 aromatic carbocycles. The maximum atomic E-state index is 3.81. The highest BCUT2D eigenvalue weighted by Crippen LogP contribution is 2.41. The highest BCUT2D eigenvalue weighted by molar-refractivity contribution is 5.78. The van der Waals surface area contributed by atoms with E-state index < -0.39 is 0 Å². The Labute approximate surface area is 116 Å². The van der Waals surface area contributed by atoms with Crippen LogP contribution in [0.5, 0.6) is 0 Å². The van der Waals surface area contributed by atoms with E-state index in [1.807, 2.05) is 6.08 Å². The topological polar surface area (TPSA) is 15.3 Å². The molecule has 0 spiro atoms. The smallest absolute Gasteiger partial charge is 0.129 e. The predicted octanol–water partition coefficient (Wildman–Crippen LogP) is 4.42. The van der Waals surface area contributed by atoms with Crippen LogP contribution >= 0.6 is 0 Å². The first-order valence-corrected chi connectivity index (χ1v) is 6.90. The van der Waals surface area contributed by atoms with Crippen LogP contribution < -0.4 is 10.2 Å². The molecule has 0 saturated heterocycles. The van der Waals surface area contributed by atoms with Crippen LogP contribution in [0.4, 0.5) is 11.4 Å². The first-order valence-electron chi connectivity index (χ1n) is 6.90. The summed E-state index contributed by atoms with van der Waals surface area (Å²) in [6.07, 6.45) is 5.35. The lowest BCUT2D eigenvalue weighted by molar-refractivity contribution is 0.594. The van der Waals surface area contributed by atoms with Gasteiger partial charge in [-0.3, -0.25) is 0 Å². The molecule has 1 heterocycles. The normalized spacial score (nSPS) is 23.8. The summed E-state index contributed by atoms with van der Waals surface area (Å²) < 4.78 is 0. The quantitative estimate of drug-likeness (QED) is 0.802. The lowest BCUT2D eigenvalue weighted by Gasteiger charge is -2.36. The molecule has 1 aliphatic heterocycles. The monoisotopic (exact) mass is 256 g/mol. The van der Waals surface area contributed by atoms with E-state index in [4.69, 9.17) is 0 Å². The first kappa shape index (κ1) is 13.7. The van der Waals surface area contributed by atoms with Crippen molar-refractivity contribution >= 4 is 11.4 Å². The fraction of sp³-hybridized carbons (Fsp3) is 0.412. The Hall–Kier alpha value is -1.70. The highest BCUT2D eigenvalue weighted by atomic mass is 15.4. The molecule has 2 atom stereocenters. The molecule has 1 aliphatic rings. The molecule has 0 amide bonds. The largest absolute Gasteiger partial charge is 0.358 e. The molecule has 0 saturated carbocycles. The van der Waals surface area contributed by atoms with Crippen molar-refractivity contribution in [1.82, 2.24) is 0 Å². The predicted molar refractivity (Wildman–Crippen MR) is 84.6 cm³/mol. The number of hydrogen-bond acceptors (Lipinski definition) is 2. The number of para-hydroxylation sites is 2. The Balaban J connectivity index is 2.28. The minimum atomic E-state index is -0.140. The third-order valence-corrected chi connectivity index (χ3v) is 4.16. The summed E-state index contributed by atoms with van der Waals surface area (Å²) >= 11 is 0. The molecule has 102 valence electrons. The van der Waals surface area contributed by atoms with Gasteiger partial charge in [0.2, 0.25) is 0 Å². The van der Waals surface area contributed by atoms with Gasteiger partial charge in [0.05, 0.1) is 11.4 Å². The zero-order valence-corrected chi connectivity index (χ0v) is 12.4. The average molecular weight is 256 g/mol. The van der Waals surface area contributed by atoms with Gasteiger partial charge in [-0.05, 0) is 43.9 Å². The summed E-state index contributed by atoms with van der Waals surface area (Å²) in [5.74, 6) is 0.522. The van der Waals surface area contributed by atoms with Gasteiger partial charge < -0.3 is 10.2 Å². The maximum Gasteiger partial charge on any atom is 0.129 e. The second-order valence-electron chi connectivity index (χ2n) is 5.62. The van der Waals surface area contributed by atoms with Crippen molar-refractivity contribution < 1.29 is 0 Å². The standard InChI is InChI=1S/C17H24N2/c1-6-9-13(2)12-14(3)17(4)18-15-10-7-8-11-16(15)19(17)5/h6-8,10-13,18H,1,9H2,2-5H3/b14-12+. The van der Waals surface area contributed by atoms with Gasteiger partial charge in [-0.1, -0.05) is 31.2 Å². The highest BCUT2D eigenvalue weighted by Gasteiger charge is 2.38. The molecular weight excluding hydrogens is 232 g/mol. The molecule has 2 nitrogen and oxygen atoms in total. The number of nitrogens with zero attached hydrogens (tertiary/aromatic N) is 1. The van der Waals surface area contributed by atoms with E-state index in [2.05, 4.69) is 75.0 Å². The summed E-state index contributed by atoms with van der Waals surface area (Å²) in [4.78, 5) is 2.31. The fourth-order valence-electron chi connectivity index (χ4n) is 2.74. The molecule has 2 heteroatoms. The summed E-state index contributed by atoms with van der Waals surface area (Å²) in [5, 5.41) is 3.64. The van der Waals surface area contributed by atoms with Gasteiger partial charge in [0.25, 0.3) is 0 Å². The minimum Gasteiger partial charge on any atom is -0.358 e. The van der Waals surface area contributed by atoms with E-state index in [1.54, 1.807) is 0 Å². The zero-order chi connectivity index (χ0) is 14.0. The van der Waals surface area contributed by atoms with Crippen LogP contribution in [0.25, 0.3) is 0 Å². The molecule has 2 rings (SSSR count). The number of allylic oxidation sites excluding steroid dienone is 2. The van der Waals surface area contributed by atoms with Crippen molar-refractivity contribution in [3.8, 4) is 0 Å². The van der Waals surface area contributed by atoms with Gasteiger partial charge in [-0.15, -0.1) is 6.58 Å².